The SMILES string of the molecule is CC(C)(C)c1ccc(C(=O)NCCC(=O)NC[C@@H](c2ccco2)N2CCCC2)cc1. The summed E-state index contributed by atoms with van der Waals surface area (Å²) in [5.41, 5.74) is 1.84. The van der Waals surface area contributed by atoms with Crippen molar-refractivity contribution in [3.05, 3.63) is 59.5 Å². The molecule has 162 valence electrons. The third kappa shape index (κ3) is 5.95. The molecule has 0 spiro atoms. The van der Waals surface area contributed by atoms with E-state index in [1.165, 1.54) is 18.4 Å². The predicted molar refractivity (Wildman–Crippen MR) is 117 cm³/mol. The van der Waals surface area contributed by atoms with Crippen LogP contribution in [0.2, 0.25) is 0 Å². The number of rotatable bonds is 8. The van der Waals surface area contributed by atoms with Crippen molar-refractivity contribution < 1.29 is 14.0 Å². The van der Waals surface area contributed by atoms with Crippen molar-refractivity contribution in [3.8, 4) is 0 Å². The van der Waals surface area contributed by atoms with Gasteiger partial charge >= 0.3 is 0 Å². The number of carbonyl (C=O) groups is 2. The van der Waals surface area contributed by atoms with Gasteiger partial charge in [0, 0.05) is 25.1 Å². The van der Waals surface area contributed by atoms with E-state index < -0.39 is 0 Å². The molecule has 0 bridgehead atoms. The fraction of sp³-hybridized carbons (Fsp3) is 0.500. The van der Waals surface area contributed by atoms with Crippen molar-refractivity contribution in [2.24, 2.45) is 0 Å². The summed E-state index contributed by atoms with van der Waals surface area (Å²) >= 11 is 0. The van der Waals surface area contributed by atoms with Crippen LogP contribution in [0.15, 0.2) is 47.1 Å². The topological polar surface area (TPSA) is 74.6 Å². The first-order valence-electron chi connectivity index (χ1n) is 10.8. The molecule has 1 fully saturated rings. The van der Waals surface area contributed by atoms with E-state index in [9.17, 15) is 9.59 Å². The van der Waals surface area contributed by atoms with E-state index in [1.807, 2.05) is 36.4 Å². The first-order valence-corrected chi connectivity index (χ1v) is 10.8. The van der Waals surface area contributed by atoms with E-state index in [1.54, 1.807) is 6.26 Å². The molecule has 3 rings (SSSR count). The summed E-state index contributed by atoms with van der Waals surface area (Å²) in [7, 11) is 0. The Morgan fingerprint density at radius 2 is 1.77 bits per heavy atom. The molecule has 2 amide bonds. The number of likely N-dealkylation sites (tertiary alicyclic amines) is 1. The highest BCUT2D eigenvalue weighted by atomic mass is 16.3. The van der Waals surface area contributed by atoms with Crippen LogP contribution in [0.1, 0.15) is 67.8 Å². The van der Waals surface area contributed by atoms with Crippen molar-refractivity contribution in [2.45, 2.75) is 51.5 Å². The van der Waals surface area contributed by atoms with Gasteiger partial charge in [-0.2, -0.15) is 0 Å². The van der Waals surface area contributed by atoms with Crippen LogP contribution in [0.4, 0.5) is 0 Å². The Morgan fingerprint density at radius 1 is 1.07 bits per heavy atom. The Balaban J connectivity index is 1.43. The molecule has 2 heterocycles. The van der Waals surface area contributed by atoms with Crippen LogP contribution in [-0.4, -0.2) is 42.9 Å². The van der Waals surface area contributed by atoms with Gasteiger partial charge in [-0.15, -0.1) is 0 Å². The highest BCUT2D eigenvalue weighted by Crippen LogP contribution is 2.25. The van der Waals surface area contributed by atoms with E-state index in [0.29, 0.717) is 18.7 Å². The summed E-state index contributed by atoms with van der Waals surface area (Å²) in [6, 6.07) is 11.5. The fourth-order valence-electron chi connectivity index (χ4n) is 3.76. The Kier molecular flexibility index (Phi) is 7.32. The predicted octanol–water partition coefficient (Wildman–Crippen LogP) is 3.65. The maximum Gasteiger partial charge on any atom is 0.251 e. The number of hydrogen-bond donors (Lipinski definition) is 2. The minimum absolute atomic E-state index is 0.0513. The molecule has 30 heavy (non-hydrogen) atoms. The zero-order valence-corrected chi connectivity index (χ0v) is 18.2. The molecule has 1 aromatic carbocycles. The lowest BCUT2D eigenvalue weighted by Gasteiger charge is -2.26. The van der Waals surface area contributed by atoms with Gasteiger partial charge in [0.05, 0.1) is 12.3 Å². The van der Waals surface area contributed by atoms with Crippen molar-refractivity contribution in [3.63, 3.8) is 0 Å². The van der Waals surface area contributed by atoms with Crippen LogP contribution in [-0.2, 0) is 10.2 Å². The molecular formula is C24H33N3O3. The Bertz CT molecular complexity index is 816. The van der Waals surface area contributed by atoms with Gasteiger partial charge in [-0.3, -0.25) is 14.5 Å². The Morgan fingerprint density at radius 3 is 2.37 bits per heavy atom. The third-order valence-corrected chi connectivity index (χ3v) is 5.60. The molecule has 2 aromatic rings. The van der Waals surface area contributed by atoms with E-state index in [0.717, 1.165) is 18.8 Å². The van der Waals surface area contributed by atoms with E-state index in [2.05, 4.69) is 36.3 Å². The highest BCUT2D eigenvalue weighted by Gasteiger charge is 2.25. The zero-order valence-electron chi connectivity index (χ0n) is 18.2. The zero-order chi connectivity index (χ0) is 21.6. The summed E-state index contributed by atoms with van der Waals surface area (Å²) in [5, 5.41) is 5.82. The molecule has 1 atom stereocenters. The maximum atomic E-state index is 12.3. The van der Waals surface area contributed by atoms with Gasteiger partial charge in [-0.25, -0.2) is 0 Å². The fourth-order valence-corrected chi connectivity index (χ4v) is 3.76. The number of nitrogens with zero attached hydrogens (tertiary/aromatic N) is 1. The number of nitrogens with one attached hydrogen (secondary N) is 2. The monoisotopic (exact) mass is 411 g/mol. The highest BCUT2D eigenvalue weighted by molar-refractivity contribution is 5.94. The lowest BCUT2D eigenvalue weighted by Crippen LogP contribution is -2.37. The van der Waals surface area contributed by atoms with Gasteiger partial charge in [0.25, 0.3) is 5.91 Å². The molecule has 1 aliphatic rings. The number of furan rings is 1. The molecular weight excluding hydrogens is 378 g/mol. The van der Waals surface area contributed by atoms with Crippen LogP contribution in [0.5, 0.6) is 0 Å². The summed E-state index contributed by atoms with van der Waals surface area (Å²) in [6.07, 6.45) is 4.27. The van der Waals surface area contributed by atoms with Crippen molar-refractivity contribution in [2.75, 3.05) is 26.2 Å². The van der Waals surface area contributed by atoms with Crippen molar-refractivity contribution in [1.29, 1.82) is 0 Å². The van der Waals surface area contributed by atoms with Crippen LogP contribution in [0.3, 0.4) is 0 Å². The molecule has 1 saturated heterocycles. The second-order valence-corrected chi connectivity index (χ2v) is 8.91. The molecule has 0 saturated carbocycles. The van der Waals surface area contributed by atoms with Crippen molar-refractivity contribution >= 4 is 11.8 Å². The largest absolute Gasteiger partial charge is 0.468 e. The lowest BCUT2D eigenvalue weighted by molar-refractivity contribution is -0.121. The van der Waals surface area contributed by atoms with E-state index in [4.69, 9.17) is 4.42 Å². The van der Waals surface area contributed by atoms with Gasteiger partial charge in [0.2, 0.25) is 5.91 Å². The summed E-state index contributed by atoms with van der Waals surface area (Å²) in [5.74, 6) is 0.645. The second kappa shape index (κ2) is 9.94. The number of amides is 2. The molecule has 2 N–H and O–H groups in total. The minimum atomic E-state index is -0.159. The number of benzene rings is 1. The van der Waals surface area contributed by atoms with Crippen LogP contribution >= 0.6 is 0 Å². The molecule has 0 radical (unpaired) electrons. The van der Waals surface area contributed by atoms with E-state index in [-0.39, 0.29) is 29.7 Å². The normalized spacial score (nSPS) is 15.7. The van der Waals surface area contributed by atoms with Crippen LogP contribution in [0.25, 0.3) is 0 Å². The van der Waals surface area contributed by atoms with Gasteiger partial charge in [-0.1, -0.05) is 32.9 Å². The second-order valence-electron chi connectivity index (χ2n) is 8.91. The van der Waals surface area contributed by atoms with Gasteiger partial charge < -0.3 is 15.1 Å². The standard InChI is InChI=1S/C24H33N3O3/c1-24(2,3)19-10-8-18(9-11-19)23(29)25-13-12-22(28)26-17-20(21-7-6-16-30-21)27-14-4-5-15-27/h6-11,16,20H,4-5,12-15,17H2,1-3H3,(H,25,29)(H,26,28)/t20-/m0/s1. The van der Waals surface area contributed by atoms with Gasteiger partial charge in [-0.05, 0) is 61.2 Å². The molecule has 6 nitrogen and oxygen atoms in total. The van der Waals surface area contributed by atoms with Gasteiger partial charge in [0.1, 0.15) is 5.76 Å². The average Bonchev–Trinajstić information content (AvgIpc) is 3.42. The Hall–Kier alpha value is -2.60. The lowest BCUT2D eigenvalue weighted by atomic mass is 9.87. The quantitative estimate of drug-likeness (QED) is 0.695. The third-order valence-electron chi connectivity index (χ3n) is 5.60. The molecule has 1 aromatic heterocycles. The minimum Gasteiger partial charge on any atom is -0.468 e. The first kappa shape index (κ1) is 22.1. The van der Waals surface area contributed by atoms with Crippen LogP contribution in [0, 0.1) is 0 Å². The summed E-state index contributed by atoms with van der Waals surface area (Å²) < 4.78 is 5.58. The van der Waals surface area contributed by atoms with Crippen molar-refractivity contribution in [1.82, 2.24) is 15.5 Å². The van der Waals surface area contributed by atoms with Gasteiger partial charge in [0.15, 0.2) is 0 Å². The maximum absolute atomic E-state index is 12.3. The summed E-state index contributed by atoms with van der Waals surface area (Å²) in [4.78, 5) is 27.0. The summed E-state index contributed by atoms with van der Waals surface area (Å²) in [6.45, 7) is 9.27. The number of hydrogen-bond acceptors (Lipinski definition) is 4. The van der Waals surface area contributed by atoms with E-state index >= 15 is 0 Å². The molecule has 1 aliphatic heterocycles. The Labute approximate surface area is 179 Å². The average molecular weight is 412 g/mol. The first-order chi connectivity index (χ1) is 14.3. The molecule has 6 heteroatoms. The van der Waals surface area contributed by atoms with Crippen LogP contribution < -0.4 is 10.6 Å². The number of carbonyl (C=O) groups excluding carboxylic acids is 2. The molecule has 0 unspecified atom stereocenters. The smallest absolute Gasteiger partial charge is 0.251 e. The molecule has 0 aliphatic carbocycles.